The number of ketones is 1. The minimum Gasteiger partial charge on any atom is -0.465 e. The van der Waals surface area contributed by atoms with Crippen molar-refractivity contribution in [3.63, 3.8) is 0 Å². The summed E-state index contributed by atoms with van der Waals surface area (Å²) in [5, 5.41) is 0.546. The maximum Gasteiger partial charge on any atom is 0.319 e. The van der Waals surface area contributed by atoms with E-state index in [-0.39, 0.29) is 12.4 Å². The summed E-state index contributed by atoms with van der Waals surface area (Å²) in [4.78, 5) is 30.9. The molecule has 2 heterocycles. The fourth-order valence-corrected chi connectivity index (χ4v) is 4.00. The second kappa shape index (κ2) is 7.62. The lowest BCUT2D eigenvalue weighted by Gasteiger charge is -2.40. The highest BCUT2D eigenvalue weighted by Gasteiger charge is 2.48. The number of Topliss-reactive ketones (excluding diaryl/α,β-unsaturated/α-hetero) is 1. The van der Waals surface area contributed by atoms with E-state index in [1.54, 1.807) is 26.2 Å². The zero-order valence-electron chi connectivity index (χ0n) is 13.3. The maximum atomic E-state index is 12.4. The highest BCUT2D eigenvalue weighted by molar-refractivity contribution is 9.10. The lowest BCUT2D eigenvalue weighted by atomic mass is 9.74. The zero-order chi connectivity index (χ0) is 17.0. The first-order valence-corrected chi connectivity index (χ1v) is 8.87. The van der Waals surface area contributed by atoms with Gasteiger partial charge in [0.25, 0.3) is 0 Å². The minimum absolute atomic E-state index is 0.0458. The molecule has 0 saturated carbocycles. The Morgan fingerprint density at radius 1 is 1.35 bits per heavy atom. The standard InChI is InChI=1S/C16H20BrClN2O3/c1-3-13(21)16(15(22)23-4-2)5-7-20(8-6-16)14-11(17)9-19-10-12(14)18/h9-10H,3-8H2,1-2H3. The third-order valence-electron chi connectivity index (χ3n) is 4.28. The van der Waals surface area contributed by atoms with Crippen LogP contribution in [0.4, 0.5) is 5.69 Å². The Hall–Kier alpha value is -1.14. The van der Waals surface area contributed by atoms with E-state index < -0.39 is 11.4 Å². The molecule has 1 aromatic heterocycles. The second-order valence-corrected chi connectivity index (χ2v) is 6.78. The summed E-state index contributed by atoms with van der Waals surface area (Å²) in [5.74, 6) is -0.443. The molecule has 0 aliphatic carbocycles. The predicted molar refractivity (Wildman–Crippen MR) is 92.8 cm³/mol. The summed E-state index contributed by atoms with van der Waals surface area (Å²) < 4.78 is 5.97. The van der Waals surface area contributed by atoms with E-state index in [1.807, 2.05) is 0 Å². The van der Waals surface area contributed by atoms with Gasteiger partial charge in [0.05, 0.1) is 21.8 Å². The van der Waals surface area contributed by atoms with E-state index in [2.05, 4.69) is 25.8 Å². The van der Waals surface area contributed by atoms with Crippen molar-refractivity contribution in [3.05, 3.63) is 21.9 Å². The van der Waals surface area contributed by atoms with Crippen LogP contribution < -0.4 is 4.90 Å². The molecule has 1 aromatic rings. The van der Waals surface area contributed by atoms with Gasteiger partial charge in [0.1, 0.15) is 11.2 Å². The van der Waals surface area contributed by atoms with E-state index >= 15 is 0 Å². The number of esters is 1. The van der Waals surface area contributed by atoms with Gasteiger partial charge in [-0.1, -0.05) is 18.5 Å². The molecule has 0 N–H and O–H groups in total. The molecule has 0 atom stereocenters. The SMILES string of the molecule is CCOC(=O)C1(C(=O)CC)CCN(c2c(Cl)cncc2Br)CC1. The van der Waals surface area contributed by atoms with E-state index in [0.29, 0.717) is 37.4 Å². The van der Waals surface area contributed by atoms with Gasteiger partial charge in [0.2, 0.25) is 0 Å². The number of hydrogen-bond acceptors (Lipinski definition) is 5. The first kappa shape index (κ1) is 18.2. The van der Waals surface area contributed by atoms with Crippen LogP contribution >= 0.6 is 27.5 Å². The molecule has 5 nitrogen and oxygen atoms in total. The third kappa shape index (κ3) is 3.53. The zero-order valence-corrected chi connectivity index (χ0v) is 15.6. The fraction of sp³-hybridized carbons (Fsp3) is 0.562. The molecule has 2 rings (SSSR count). The van der Waals surface area contributed by atoms with Crippen LogP contribution in [0.1, 0.15) is 33.1 Å². The van der Waals surface area contributed by atoms with Crippen molar-refractivity contribution in [2.45, 2.75) is 33.1 Å². The van der Waals surface area contributed by atoms with Crippen molar-refractivity contribution in [3.8, 4) is 0 Å². The van der Waals surface area contributed by atoms with Crippen molar-refractivity contribution < 1.29 is 14.3 Å². The van der Waals surface area contributed by atoms with Gasteiger partial charge >= 0.3 is 5.97 Å². The van der Waals surface area contributed by atoms with Crippen LogP contribution in [-0.2, 0) is 14.3 Å². The van der Waals surface area contributed by atoms with Crippen LogP contribution in [0.25, 0.3) is 0 Å². The number of hydrogen-bond donors (Lipinski definition) is 0. The Bertz CT molecular complexity index is 581. The monoisotopic (exact) mass is 402 g/mol. The number of halogens is 2. The van der Waals surface area contributed by atoms with E-state index in [0.717, 1.165) is 10.2 Å². The van der Waals surface area contributed by atoms with Crippen molar-refractivity contribution in [2.24, 2.45) is 5.41 Å². The topological polar surface area (TPSA) is 59.5 Å². The van der Waals surface area contributed by atoms with Gasteiger partial charge in [-0.3, -0.25) is 14.6 Å². The molecule has 0 amide bonds. The largest absolute Gasteiger partial charge is 0.465 e. The number of pyridine rings is 1. The number of aromatic nitrogens is 1. The van der Waals surface area contributed by atoms with E-state index in [9.17, 15) is 9.59 Å². The summed E-state index contributed by atoms with van der Waals surface area (Å²) in [6.07, 6.45) is 4.48. The number of nitrogens with zero attached hydrogens (tertiary/aromatic N) is 2. The van der Waals surface area contributed by atoms with Crippen LogP contribution in [-0.4, -0.2) is 36.4 Å². The van der Waals surface area contributed by atoms with Crippen LogP contribution in [0.5, 0.6) is 0 Å². The van der Waals surface area contributed by atoms with E-state index in [1.165, 1.54) is 0 Å². The van der Waals surface area contributed by atoms with E-state index in [4.69, 9.17) is 16.3 Å². The van der Waals surface area contributed by atoms with Crippen LogP contribution in [0.3, 0.4) is 0 Å². The molecule has 1 aliphatic heterocycles. The molecule has 0 unspecified atom stereocenters. The Morgan fingerprint density at radius 3 is 2.52 bits per heavy atom. The quantitative estimate of drug-likeness (QED) is 0.555. The van der Waals surface area contributed by atoms with Gasteiger partial charge in [-0.25, -0.2) is 0 Å². The summed E-state index contributed by atoms with van der Waals surface area (Å²) in [7, 11) is 0. The van der Waals surface area contributed by atoms with Crippen molar-refractivity contribution >= 4 is 45.0 Å². The smallest absolute Gasteiger partial charge is 0.319 e. The Balaban J connectivity index is 2.23. The van der Waals surface area contributed by atoms with Gasteiger partial charge in [0, 0.05) is 31.9 Å². The Morgan fingerprint density at radius 2 is 2.00 bits per heavy atom. The average Bonchev–Trinajstić information content (AvgIpc) is 2.55. The maximum absolute atomic E-state index is 12.4. The third-order valence-corrected chi connectivity index (χ3v) is 5.14. The lowest BCUT2D eigenvalue weighted by Crippen LogP contribution is -2.49. The predicted octanol–water partition coefficient (Wildman–Crippen LogP) is 3.63. The Kier molecular flexibility index (Phi) is 6.03. The molecule has 7 heteroatoms. The molecular weight excluding hydrogens is 384 g/mol. The average molecular weight is 404 g/mol. The molecule has 1 saturated heterocycles. The van der Waals surface area contributed by atoms with Crippen LogP contribution in [0.2, 0.25) is 5.02 Å². The number of carbonyl (C=O) groups excluding carboxylic acids is 2. The minimum atomic E-state index is -1.02. The number of rotatable bonds is 5. The molecule has 0 radical (unpaired) electrons. The van der Waals surface area contributed by atoms with Gasteiger partial charge < -0.3 is 9.64 Å². The Labute approximate surface area is 149 Å². The highest BCUT2D eigenvalue weighted by atomic mass is 79.9. The van der Waals surface area contributed by atoms with Gasteiger partial charge in [-0.15, -0.1) is 0 Å². The summed E-state index contributed by atoms with van der Waals surface area (Å²) >= 11 is 9.70. The van der Waals surface area contributed by atoms with Gasteiger partial charge in [-0.2, -0.15) is 0 Å². The molecule has 126 valence electrons. The van der Waals surface area contributed by atoms with Gasteiger partial charge in [0.15, 0.2) is 0 Å². The molecule has 1 aliphatic rings. The van der Waals surface area contributed by atoms with Crippen molar-refractivity contribution in [1.29, 1.82) is 0 Å². The fourth-order valence-electron chi connectivity index (χ4n) is 3.02. The van der Waals surface area contributed by atoms with Crippen molar-refractivity contribution in [2.75, 3.05) is 24.6 Å². The molecular formula is C16H20BrClN2O3. The number of piperidine rings is 1. The normalized spacial score (nSPS) is 17.0. The number of anilines is 1. The first-order valence-electron chi connectivity index (χ1n) is 7.70. The van der Waals surface area contributed by atoms with Crippen LogP contribution in [0, 0.1) is 5.41 Å². The molecule has 23 heavy (non-hydrogen) atoms. The molecule has 0 aromatic carbocycles. The van der Waals surface area contributed by atoms with Crippen molar-refractivity contribution in [1.82, 2.24) is 4.98 Å². The van der Waals surface area contributed by atoms with Gasteiger partial charge in [-0.05, 0) is 35.7 Å². The number of ether oxygens (including phenoxy) is 1. The lowest BCUT2D eigenvalue weighted by molar-refractivity contribution is -0.161. The summed E-state index contributed by atoms with van der Waals surface area (Å²) in [6, 6.07) is 0. The van der Waals surface area contributed by atoms with Crippen LogP contribution in [0.15, 0.2) is 16.9 Å². The summed E-state index contributed by atoms with van der Waals surface area (Å²) in [6.45, 7) is 4.94. The number of carbonyl (C=O) groups is 2. The summed E-state index contributed by atoms with van der Waals surface area (Å²) in [5.41, 5.74) is -0.171. The molecule has 0 bridgehead atoms. The highest BCUT2D eigenvalue weighted by Crippen LogP contribution is 2.40. The second-order valence-electron chi connectivity index (χ2n) is 5.52. The first-order chi connectivity index (χ1) is 11.0. The molecule has 0 spiro atoms. The molecule has 1 fully saturated rings.